The molecule has 1 atom stereocenters. The van der Waals surface area contributed by atoms with Crippen LogP contribution in [-0.2, 0) is 6.54 Å². The molecule has 1 N–H and O–H groups in total. The number of rotatable bonds is 6. The maximum Gasteiger partial charge on any atom is 0.151 e. The average Bonchev–Trinajstić information content (AvgIpc) is 3.14. The molecule has 2 aromatic rings. The van der Waals surface area contributed by atoms with E-state index in [1.54, 1.807) is 4.68 Å². The minimum atomic E-state index is -0.602. The molecule has 1 saturated heterocycles. The zero-order valence-corrected chi connectivity index (χ0v) is 15.1. The molecule has 1 unspecified atom stereocenters. The fourth-order valence-corrected chi connectivity index (χ4v) is 3.72. The number of hydrogen-bond acceptors (Lipinski definition) is 3. The number of aromatic nitrogens is 2. The highest BCUT2D eigenvalue weighted by Crippen LogP contribution is 2.21. The first-order valence-corrected chi connectivity index (χ1v) is 8.96. The summed E-state index contributed by atoms with van der Waals surface area (Å²) < 4.78 is 28.8. The smallest absolute Gasteiger partial charge is 0.151 e. The highest BCUT2D eigenvalue weighted by molar-refractivity contribution is 5.38. The summed E-state index contributed by atoms with van der Waals surface area (Å²) in [7, 11) is 0. The Morgan fingerprint density at radius 1 is 1.28 bits per heavy atom. The molecule has 3 rings (SSSR count). The van der Waals surface area contributed by atoms with Crippen LogP contribution < -0.4 is 5.32 Å². The molecule has 1 aromatic heterocycles. The van der Waals surface area contributed by atoms with Crippen LogP contribution in [0.3, 0.4) is 0 Å². The Hall–Kier alpha value is -1.79. The standard InChI is InChI=1S/C19H26F2N4/c1-4-24-9-5-6-16(24)11-22-12-17-13(2)23-25(14(17)3)19-8-7-15(20)10-18(19)21/h7-8,10,16,22H,4-6,9,11-12H2,1-3H3. The van der Waals surface area contributed by atoms with E-state index in [1.807, 2.05) is 13.8 Å². The normalized spacial score (nSPS) is 18.2. The van der Waals surface area contributed by atoms with Gasteiger partial charge in [-0.3, -0.25) is 4.90 Å². The third-order valence-corrected chi connectivity index (χ3v) is 5.17. The van der Waals surface area contributed by atoms with Crippen molar-refractivity contribution in [2.75, 3.05) is 19.6 Å². The van der Waals surface area contributed by atoms with Crippen LogP contribution in [0.1, 0.15) is 36.7 Å². The molecule has 0 radical (unpaired) electrons. The van der Waals surface area contributed by atoms with Gasteiger partial charge >= 0.3 is 0 Å². The number of nitrogens with one attached hydrogen (secondary N) is 1. The number of halogens is 2. The monoisotopic (exact) mass is 348 g/mol. The van der Waals surface area contributed by atoms with E-state index in [0.29, 0.717) is 12.6 Å². The van der Waals surface area contributed by atoms with Crippen molar-refractivity contribution in [1.29, 1.82) is 0 Å². The predicted octanol–water partition coefficient (Wildman–Crippen LogP) is 3.34. The zero-order valence-electron chi connectivity index (χ0n) is 15.1. The first-order chi connectivity index (χ1) is 12.0. The summed E-state index contributed by atoms with van der Waals surface area (Å²) in [6.45, 7) is 9.98. The molecule has 6 heteroatoms. The van der Waals surface area contributed by atoms with E-state index in [0.717, 1.165) is 36.1 Å². The Bertz CT molecular complexity index is 741. The van der Waals surface area contributed by atoms with Crippen molar-refractivity contribution < 1.29 is 8.78 Å². The van der Waals surface area contributed by atoms with Crippen LogP contribution in [0, 0.1) is 25.5 Å². The van der Waals surface area contributed by atoms with Crippen molar-refractivity contribution in [2.45, 2.75) is 46.2 Å². The molecule has 1 aliphatic heterocycles. The fraction of sp³-hybridized carbons (Fsp3) is 0.526. The summed E-state index contributed by atoms with van der Waals surface area (Å²) in [6, 6.07) is 4.17. The summed E-state index contributed by atoms with van der Waals surface area (Å²) in [6.07, 6.45) is 2.50. The van der Waals surface area contributed by atoms with Crippen LogP contribution >= 0.6 is 0 Å². The second kappa shape index (κ2) is 7.62. The molecule has 1 fully saturated rings. The van der Waals surface area contributed by atoms with Crippen molar-refractivity contribution in [3.05, 3.63) is 46.8 Å². The maximum atomic E-state index is 14.1. The number of likely N-dealkylation sites (N-methyl/N-ethyl adjacent to an activating group) is 1. The quantitative estimate of drug-likeness (QED) is 0.869. The Kier molecular flexibility index (Phi) is 5.49. The van der Waals surface area contributed by atoms with E-state index in [4.69, 9.17) is 0 Å². The van der Waals surface area contributed by atoms with Gasteiger partial charge in [-0.2, -0.15) is 5.10 Å². The fourth-order valence-electron chi connectivity index (χ4n) is 3.72. The average molecular weight is 348 g/mol. The third-order valence-electron chi connectivity index (χ3n) is 5.17. The van der Waals surface area contributed by atoms with E-state index in [9.17, 15) is 8.78 Å². The molecular formula is C19H26F2N4. The van der Waals surface area contributed by atoms with E-state index in [2.05, 4.69) is 22.2 Å². The summed E-state index contributed by atoms with van der Waals surface area (Å²) >= 11 is 0. The highest BCUT2D eigenvalue weighted by atomic mass is 19.1. The summed E-state index contributed by atoms with van der Waals surface area (Å²) in [5, 5.41) is 7.99. The van der Waals surface area contributed by atoms with Gasteiger partial charge in [0.05, 0.1) is 5.69 Å². The minimum Gasteiger partial charge on any atom is -0.311 e. The molecule has 0 aliphatic carbocycles. The lowest BCUT2D eigenvalue weighted by molar-refractivity contribution is 0.260. The van der Waals surface area contributed by atoms with Crippen LogP contribution in [0.5, 0.6) is 0 Å². The largest absolute Gasteiger partial charge is 0.311 e. The van der Waals surface area contributed by atoms with Gasteiger partial charge in [0, 0.05) is 36.5 Å². The van der Waals surface area contributed by atoms with Crippen molar-refractivity contribution in [1.82, 2.24) is 20.0 Å². The Morgan fingerprint density at radius 3 is 2.80 bits per heavy atom. The molecule has 136 valence electrons. The molecule has 0 bridgehead atoms. The molecule has 1 aliphatic rings. The maximum absolute atomic E-state index is 14.1. The molecule has 0 saturated carbocycles. The predicted molar refractivity (Wildman–Crippen MR) is 94.9 cm³/mol. The zero-order chi connectivity index (χ0) is 18.0. The summed E-state index contributed by atoms with van der Waals surface area (Å²) in [5.74, 6) is -1.18. The Morgan fingerprint density at radius 2 is 2.08 bits per heavy atom. The van der Waals surface area contributed by atoms with Gasteiger partial charge in [0.25, 0.3) is 0 Å². The lowest BCUT2D eigenvalue weighted by Crippen LogP contribution is -2.37. The third kappa shape index (κ3) is 3.75. The second-order valence-corrected chi connectivity index (χ2v) is 6.71. The topological polar surface area (TPSA) is 33.1 Å². The molecular weight excluding hydrogens is 322 g/mol. The van der Waals surface area contributed by atoms with Gasteiger partial charge in [-0.1, -0.05) is 6.92 Å². The Labute approximate surface area is 147 Å². The molecule has 25 heavy (non-hydrogen) atoms. The second-order valence-electron chi connectivity index (χ2n) is 6.71. The first-order valence-electron chi connectivity index (χ1n) is 8.96. The number of aryl methyl sites for hydroxylation is 1. The highest BCUT2D eigenvalue weighted by Gasteiger charge is 2.22. The van der Waals surface area contributed by atoms with Gasteiger partial charge < -0.3 is 5.32 Å². The lowest BCUT2D eigenvalue weighted by Gasteiger charge is -2.23. The Balaban J connectivity index is 1.72. The lowest BCUT2D eigenvalue weighted by atomic mass is 10.1. The van der Waals surface area contributed by atoms with Gasteiger partial charge in [-0.05, 0) is 51.9 Å². The number of benzene rings is 1. The van der Waals surface area contributed by atoms with Gasteiger partial charge in [0.2, 0.25) is 0 Å². The van der Waals surface area contributed by atoms with Crippen LogP contribution in [0.25, 0.3) is 5.69 Å². The van der Waals surface area contributed by atoms with Gasteiger partial charge in [-0.15, -0.1) is 0 Å². The van der Waals surface area contributed by atoms with Gasteiger partial charge in [0.15, 0.2) is 5.82 Å². The first kappa shape index (κ1) is 18.0. The van der Waals surface area contributed by atoms with Crippen molar-refractivity contribution in [2.24, 2.45) is 0 Å². The summed E-state index contributed by atoms with van der Waals surface area (Å²) in [5.41, 5.74) is 3.10. The SMILES string of the molecule is CCN1CCCC1CNCc1c(C)nn(-c2ccc(F)cc2F)c1C. The number of likely N-dealkylation sites (tertiary alicyclic amines) is 1. The van der Waals surface area contributed by atoms with Gasteiger partial charge in [-0.25, -0.2) is 13.5 Å². The van der Waals surface area contributed by atoms with Crippen molar-refractivity contribution >= 4 is 0 Å². The molecule has 0 spiro atoms. The van der Waals surface area contributed by atoms with E-state index < -0.39 is 11.6 Å². The van der Waals surface area contributed by atoms with Crippen LogP contribution in [0.4, 0.5) is 8.78 Å². The minimum absolute atomic E-state index is 0.279. The van der Waals surface area contributed by atoms with E-state index in [-0.39, 0.29) is 5.69 Å². The van der Waals surface area contributed by atoms with Gasteiger partial charge in [0.1, 0.15) is 11.5 Å². The van der Waals surface area contributed by atoms with Crippen LogP contribution in [0.15, 0.2) is 18.2 Å². The van der Waals surface area contributed by atoms with E-state index in [1.165, 1.54) is 31.5 Å². The van der Waals surface area contributed by atoms with Crippen molar-refractivity contribution in [3.63, 3.8) is 0 Å². The summed E-state index contributed by atoms with van der Waals surface area (Å²) in [4.78, 5) is 2.50. The number of nitrogens with zero attached hydrogens (tertiary/aromatic N) is 3. The molecule has 2 heterocycles. The van der Waals surface area contributed by atoms with Crippen molar-refractivity contribution in [3.8, 4) is 5.69 Å². The van der Waals surface area contributed by atoms with Crippen LogP contribution in [0.2, 0.25) is 0 Å². The number of hydrogen-bond donors (Lipinski definition) is 1. The van der Waals surface area contributed by atoms with Crippen LogP contribution in [-0.4, -0.2) is 40.4 Å². The van der Waals surface area contributed by atoms with E-state index >= 15 is 0 Å². The molecule has 1 aromatic carbocycles. The molecule has 0 amide bonds. The molecule has 4 nitrogen and oxygen atoms in total.